The van der Waals surface area contributed by atoms with Crippen LogP contribution in [0.4, 0.5) is 0 Å². The predicted molar refractivity (Wildman–Crippen MR) is 77.4 cm³/mol. The van der Waals surface area contributed by atoms with Gasteiger partial charge < -0.3 is 9.88 Å². The van der Waals surface area contributed by atoms with Gasteiger partial charge in [-0.2, -0.15) is 0 Å². The third kappa shape index (κ3) is 2.45. The minimum atomic E-state index is 0.793. The van der Waals surface area contributed by atoms with Crippen LogP contribution >= 0.6 is 15.9 Å². The molecule has 2 aromatic rings. The number of rotatable bonds is 4. The number of hydrogen-bond acceptors (Lipinski definition) is 1. The summed E-state index contributed by atoms with van der Waals surface area (Å²) < 4.78 is 3.24. The Morgan fingerprint density at radius 2 is 2.12 bits per heavy atom. The van der Waals surface area contributed by atoms with Gasteiger partial charge in [-0.05, 0) is 18.6 Å². The second-order valence-electron chi connectivity index (χ2n) is 4.27. The summed E-state index contributed by atoms with van der Waals surface area (Å²) in [5.41, 5.74) is 3.98. The van der Waals surface area contributed by atoms with Gasteiger partial charge in [0, 0.05) is 41.2 Å². The zero-order valence-corrected chi connectivity index (χ0v) is 11.8. The smallest absolute Gasteiger partial charge is 0.0483 e. The molecule has 0 radical (unpaired) electrons. The van der Waals surface area contributed by atoms with Gasteiger partial charge in [-0.15, -0.1) is 0 Å². The Balaban J connectivity index is 2.31. The van der Waals surface area contributed by atoms with Crippen LogP contribution in [0.15, 0.2) is 35.3 Å². The van der Waals surface area contributed by atoms with E-state index in [4.69, 9.17) is 0 Å². The SMILES string of the molecule is C=C(Br)CNCc1c(C)c2ccccc2n1C. The lowest BCUT2D eigenvalue weighted by Crippen LogP contribution is -2.17. The van der Waals surface area contributed by atoms with Crippen molar-refractivity contribution in [3.8, 4) is 0 Å². The molecule has 1 aromatic heterocycles. The molecule has 0 unspecified atom stereocenters. The predicted octanol–water partition coefficient (Wildman–Crippen LogP) is 3.48. The van der Waals surface area contributed by atoms with Crippen molar-refractivity contribution >= 4 is 26.8 Å². The van der Waals surface area contributed by atoms with E-state index in [-0.39, 0.29) is 0 Å². The highest BCUT2D eigenvalue weighted by Gasteiger charge is 2.10. The molecule has 0 aliphatic rings. The molecule has 1 heterocycles. The van der Waals surface area contributed by atoms with Crippen molar-refractivity contribution in [3.63, 3.8) is 0 Å². The summed E-state index contributed by atoms with van der Waals surface area (Å²) in [6.45, 7) is 7.66. The maximum atomic E-state index is 3.82. The van der Waals surface area contributed by atoms with Gasteiger partial charge in [0.1, 0.15) is 0 Å². The number of halogens is 1. The molecule has 17 heavy (non-hydrogen) atoms. The average molecular weight is 293 g/mol. The van der Waals surface area contributed by atoms with Crippen molar-refractivity contribution < 1.29 is 0 Å². The van der Waals surface area contributed by atoms with Crippen LogP contribution in [0.1, 0.15) is 11.3 Å². The molecule has 0 aliphatic heterocycles. The van der Waals surface area contributed by atoms with Gasteiger partial charge in [0.15, 0.2) is 0 Å². The number of benzene rings is 1. The quantitative estimate of drug-likeness (QED) is 0.913. The number of aromatic nitrogens is 1. The lowest BCUT2D eigenvalue weighted by molar-refractivity contribution is 0.702. The van der Waals surface area contributed by atoms with E-state index in [0.29, 0.717) is 0 Å². The lowest BCUT2D eigenvalue weighted by Gasteiger charge is -2.07. The van der Waals surface area contributed by atoms with E-state index in [1.54, 1.807) is 0 Å². The number of aryl methyl sites for hydroxylation is 2. The Bertz CT molecular complexity index is 516. The van der Waals surface area contributed by atoms with Crippen LogP contribution in [0.25, 0.3) is 10.9 Å². The number of hydrogen-bond donors (Lipinski definition) is 1. The summed E-state index contributed by atoms with van der Waals surface area (Å²) in [6.07, 6.45) is 0. The zero-order valence-electron chi connectivity index (χ0n) is 10.3. The van der Waals surface area contributed by atoms with Gasteiger partial charge in [-0.25, -0.2) is 0 Å². The first-order chi connectivity index (χ1) is 8.11. The molecular weight excluding hydrogens is 276 g/mol. The summed E-state index contributed by atoms with van der Waals surface area (Å²) in [7, 11) is 2.12. The largest absolute Gasteiger partial charge is 0.346 e. The van der Waals surface area contributed by atoms with Crippen LogP contribution < -0.4 is 5.32 Å². The molecule has 1 N–H and O–H groups in total. The molecule has 0 aliphatic carbocycles. The van der Waals surface area contributed by atoms with Crippen molar-refractivity contribution in [2.45, 2.75) is 13.5 Å². The van der Waals surface area contributed by atoms with Gasteiger partial charge in [0.05, 0.1) is 0 Å². The molecule has 0 saturated carbocycles. The van der Waals surface area contributed by atoms with E-state index in [1.165, 1.54) is 22.2 Å². The van der Waals surface area contributed by atoms with Crippen LogP contribution in [0, 0.1) is 6.92 Å². The Morgan fingerprint density at radius 3 is 2.76 bits per heavy atom. The van der Waals surface area contributed by atoms with Gasteiger partial charge in [0.25, 0.3) is 0 Å². The van der Waals surface area contributed by atoms with Crippen molar-refractivity contribution in [3.05, 3.63) is 46.6 Å². The highest BCUT2D eigenvalue weighted by molar-refractivity contribution is 9.11. The van der Waals surface area contributed by atoms with Gasteiger partial charge >= 0.3 is 0 Å². The van der Waals surface area contributed by atoms with E-state index in [1.807, 2.05) is 0 Å². The number of para-hydroxylation sites is 1. The third-order valence-electron chi connectivity index (χ3n) is 3.12. The second kappa shape index (κ2) is 5.07. The summed E-state index contributed by atoms with van der Waals surface area (Å²) in [6, 6.07) is 8.51. The van der Waals surface area contributed by atoms with Crippen molar-refractivity contribution in [2.24, 2.45) is 7.05 Å². The lowest BCUT2D eigenvalue weighted by atomic mass is 10.1. The Hall–Kier alpha value is -1.06. The molecule has 2 nitrogen and oxygen atoms in total. The maximum absolute atomic E-state index is 3.82. The molecule has 90 valence electrons. The van der Waals surface area contributed by atoms with Gasteiger partial charge in [0.2, 0.25) is 0 Å². The Kier molecular flexibility index (Phi) is 3.69. The fraction of sp³-hybridized carbons (Fsp3) is 0.286. The third-order valence-corrected chi connectivity index (χ3v) is 3.40. The minimum absolute atomic E-state index is 0.793. The van der Waals surface area contributed by atoms with Crippen LogP contribution in [0.5, 0.6) is 0 Å². The molecule has 3 heteroatoms. The first-order valence-electron chi connectivity index (χ1n) is 5.68. The number of nitrogens with one attached hydrogen (secondary N) is 1. The van der Waals surface area contributed by atoms with E-state index in [0.717, 1.165) is 17.6 Å². The zero-order chi connectivity index (χ0) is 12.4. The highest BCUT2D eigenvalue weighted by atomic mass is 79.9. The summed E-state index contributed by atoms with van der Waals surface area (Å²) in [5, 5.41) is 4.71. The van der Waals surface area contributed by atoms with Crippen molar-refractivity contribution in [1.82, 2.24) is 9.88 Å². The van der Waals surface area contributed by atoms with Gasteiger partial charge in [-0.3, -0.25) is 0 Å². The second-order valence-corrected chi connectivity index (χ2v) is 5.39. The van der Waals surface area contributed by atoms with Crippen LogP contribution in [0.2, 0.25) is 0 Å². The van der Waals surface area contributed by atoms with E-state index >= 15 is 0 Å². The van der Waals surface area contributed by atoms with Gasteiger partial charge in [-0.1, -0.05) is 40.7 Å². The molecule has 0 spiro atoms. The first-order valence-corrected chi connectivity index (χ1v) is 6.47. The normalized spacial score (nSPS) is 11.0. The fourth-order valence-electron chi connectivity index (χ4n) is 2.20. The van der Waals surface area contributed by atoms with E-state index in [9.17, 15) is 0 Å². The molecule has 0 bridgehead atoms. The van der Waals surface area contributed by atoms with Crippen molar-refractivity contribution in [1.29, 1.82) is 0 Å². The number of nitrogens with zero attached hydrogens (tertiary/aromatic N) is 1. The first kappa shape index (κ1) is 12.4. The standard InChI is InChI=1S/C14H17BrN2/c1-10(15)8-16-9-14-11(2)12-6-4-5-7-13(12)17(14)3/h4-7,16H,1,8-9H2,2-3H3. The molecule has 0 amide bonds. The van der Waals surface area contributed by atoms with Crippen LogP contribution in [-0.2, 0) is 13.6 Å². The molecular formula is C14H17BrN2. The van der Waals surface area contributed by atoms with Crippen LogP contribution in [-0.4, -0.2) is 11.1 Å². The molecule has 0 atom stereocenters. The maximum Gasteiger partial charge on any atom is 0.0483 e. The number of fused-ring (bicyclic) bond motifs is 1. The minimum Gasteiger partial charge on any atom is -0.346 e. The molecule has 1 aromatic carbocycles. The Labute approximate surface area is 110 Å². The highest BCUT2D eigenvalue weighted by Crippen LogP contribution is 2.24. The monoisotopic (exact) mass is 292 g/mol. The summed E-state index contributed by atoms with van der Waals surface area (Å²) in [4.78, 5) is 0. The van der Waals surface area contributed by atoms with E-state index in [2.05, 4.69) is 70.6 Å². The molecule has 2 rings (SSSR count). The summed E-state index contributed by atoms with van der Waals surface area (Å²) >= 11 is 3.36. The Morgan fingerprint density at radius 1 is 1.41 bits per heavy atom. The van der Waals surface area contributed by atoms with Crippen molar-refractivity contribution in [2.75, 3.05) is 6.54 Å². The average Bonchev–Trinajstić information content (AvgIpc) is 2.54. The fourth-order valence-corrected chi connectivity index (χ4v) is 2.40. The van der Waals surface area contributed by atoms with E-state index < -0.39 is 0 Å². The molecule has 0 fully saturated rings. The summed E-state index contributed by atoms with van der Waals surface area (Å²) in [5.74, 6) is 0. The molecule has 0 saturated heterocycles. The topological polar surface area (TPSA) is 17.0 Å². The van der Waals surface area contributed by atoms with Crippen LogP contribution in [0.3, 0.4) is 0 Å².